The number of carbonyl (C=O) groups excluding carboxylic acids is 3. The molecule has 3 rings (SSSR count). The number of anilines is 2. The smallest absolute Gasteiger partial charge is 0.311 e. The van der Waals surface area contributed by atoms with Gasteiger partial charge in [0.15, 0.2) is 6.61 Å². The van der Waals surface area contributed by atoms with Gasteiger partial charge in [-0.3, -0.25) is 14.4 Å². The fourth-order valence-electron chi connectivity index (χ4n) is 3.19. The van der Waals surface area contributed by atoms with Crippen LogP contribution in [0, 0.1) is 19.8 Å². The summed E-state index contributed by atoms with van der Waals surface area (Å²) in [5.74, 6) is -1.97. The zero-order valence-corrected chi connectivity index (χ0v) is 17.5. The predicted molar refractivity (Wildman–Crippen MR) is 112 cm³/mol. The van der Waals surface area contributed by atoms with E-state index in [0.29, 0.717) is 21.4 Å². The first kappa shape index (κ1) is 21.1. The van der Waals surface area contributed by atoms with Gasteiger partial charge in [0.25, 0.3) is 5.91 Å². The number of hydrogen-bond acceptors (Lipinski definition) is 4. The molecular formula is C21H20Cl2N2O4. The average Bonchev–Trinajstić information content (AvgIpc) is 3.05. The summed E-state index contributed by atoms with van der Waals surface area (Å²) >= 11 is 12.1. The van der Waals surface area contributed by atoms with E-state index < -0.39 is 24.4 Å². The molecule has 1 heterocycles. The van der Waals surface area contributed by atoms with Crippen molar-refractivity contribution >= 4 is 52.4 Å². The quantitative estimate of drug-likeness (QED) is 0.717. The third kappa shape index (κ3) is 5.08. The van der Waals surface area contributed by atoms with Gasteiger partial charge in [0.2, 0.25) is 5.91 Å². The zero-order chi connectivity index (χ0) is 21.1. The molecular weight excluding hydrogens is 415 g/mol. The van der Waals surface area contributed by atoms with Crippen molar-refractivity contribution in [1.82, 2.24) is 0 Å². The number of amides is 2. The molecule has 2 aromatic rings. The monoisotopic (exact) mass is 434 g/mol. The molecule has 29 heavy (non-hydrogen) atoms. The SMILES string of the molecule is Cc1ccc(NC(=O)COC(=O)[C@@H]2CC(=O)N(c3cc(Cl)ccc3Cl)C2)c(C)c1. The van der Waals surface area contributed by atoms with Crippen LogP contribution in [0.4, 0.5) is 11.4 Å². The lowest BCUT2D eigenvalue weighted by Crippen LogP contribution is -2.28. The first-order chi connectivity index (χ1) is 13.7. The molecule has 1 N–H and O–H groups in total. The summed E-state index contributed by atoms with van der Waals surface area (Å²) in [6.45, 7) is 3.54. The Kier molecular flexibility index (Phi) is 6.45. The number of halogens is 2. The minimum Gasteiger partial charge on any atom is -0.455 e. The van der Waals surface area contributed by atoms with E-state index in [1.165, 1.54) is 4.90 Å². The lowest BCUT2D eigenvalue weighted by atomic mass is 10.1. The first-order valence-electron chi connectivity index (χ1n) is 9.03. The van der Waals surface area contributed by atoms with Crippen molar-refractivity contribution in [3.05, 3.63) is 57.6 Å². The number of aryl methyl sites for hydroxylation is 2. The molecule has 0 spiro atoms. The maximum atomic E-state index is 12.3. The van der Waals surface area contributed by atoms with E-state index in [2.05, 4.69) is 5.32 Å². The molecule has 6 nitrogen and oxygen atoms in total. The molecule has 1 aliphatic heterocycles. The summed E-state index contributed by atoms with van der Waals surface area (Å²) in [4.78, 5) is 38.2. The van der Waals surface area contributed by atoms with Gasteiger partial charge in [-0.25, -0.2) is 0 Å². The van der Waals surface area contributed by atoms with Crippen molar-refractivity contribution in [2.75, 3.05) is 23.4 Å². The van der Waals surface area contributed by atoms with Gasteiger partial charge in [0, 0.05) is 23.7 Å². The van der Waals surface area contributed by atoms with Crippen LogP contribution in [0.3, 0.4) is 0 Å². The zero-order valence-electron chi connectivity index (χ0n) is 16.0. The van der Waals surface area contributed by atoms with Gasteiger partial charge in [-0.2, -0.15) is 0 Å². The molecule has 0 aromatic heterocycles. The lowest BCUT2D eigenvalue weighted by molar-refractivity contribution is -0.151. The molecule has 0 unspecified atom stereocenters. The van der Waals surface area contributed by atoms with Gasteiger partial charge in [0.1, 0.15) is 0 Å². The van der Waals surface area contributed by atoms with Gasteiger partial charge < -0.3 is 15.0 Å². The molecule has 1 aliphatic rings. The second kappa shape index (κ2) is 8.84. The summed E-state index contributed by atoms with van der Waals surface area (Å²) in [6.07, 6.45) is -0.0135. The maximum Gasteiger partial charge on any atom is 0.311 e. The highest BCUT2D eigenvalue weighted by molar-refractivity contribution is 6.35. The Labute approximate surface area is 178 Å². The normalized spacial score (nSPS) is 16.1. The minimum atomic E-state index is -0.675. The van der Waals surface area contributed by atoms with Crippen molar-refractivity contribution in [1.29, 1.82) is 0 Å². The Morgan fingerprint density at radius 3 is 2.66 bits per heavy atom. The van der Waals surface area contributed by atoms with Gasteiger partial charge in [-0.15, -0.1) is 0 Å². The van der Waals surface area contributed by atoms with E-state index in [1.54, 1.807) is 24.3 Å². The summed E-state index contributed by atoms with van der Waals surface area (Å²) in [7, 11) is 0. The van der Waals surface area contributed by atoms with E-state index in [4.69, 9.17) is 27.9 Å². The Balaban J connectivity index is 1.56. The second-order valence-corrected chi connectivity index (χ2v) is 7.82. The number of ether oxygens (including phenoxy) is 1. The van der Waals surface area contributed by atoms with E-state index >= 15 is 0 Å². The van der Waals surface area contributed by atoms with Crippen LogP contribution >= 0.6 is 23.2 Å². The highest BCUT2D eigenvalue weighted by Gasteiger charge is 2.37. The topological polar surface area (TPSA) is 75.7 Å². The van der Waals surface area contributed by atoms with Crippen molar-refractivity contribution in [2.24, 2.45) is 5.92 Å². The van der Waals surface area contributed by atoms with E-state index in [-0.39, 0.29) is 18.9 Å². The number of nitrogens with one attached hydrogen (secondary N) is 1. The van der Waals surface area contributed by atoms with Crippen LogP contribution in [0.5, 0.6) is 0 Å². The molecule has 0 bridgehead atoms. The van der Waals surface area contributed by atoms with Crippen molar-refractivity contribution in [3.63, 3.8) is 0 Å². The molecule has 2 aromatic carbocycles. The molecule has 0 aliphatic carbocycles. The molecule has 0 radical (unpaired) electrons. The number of benzene rings is 2. The number of hydrogen-bond donors (Lipinski definition) is 1. The standard InChI is InChI=1S/C21H20Cl2N2O4/c1-12-3-6-17(13(2)7-12)24-19(26)11-29-21(28)14-8-20(27)25(10-14)18-9-15(22)4-5-16(18)23/h3-7,9,14H,8,10-11H2,1-2H3,(H,24,26)/t14-/m1/s1. The Morgan fingerprint density at radius 2 is 1.93 bits per heavy atom. The number of carbonyl (C=O) groups is 3. The van der Waals surface area contributed by atoms with Crippen LogP contribution in [0.25, 0.3) is 0 Å². The summed E-state index contributed by atoms with van der Waals surface area (Å²) in [6, 6.07) is 10.4. The fraction of sp³-hybridized carbons (Fsp3) is 0.286. The largest absolute Gasteiger partial charge is 0.455 e. The van der Waals surface area contributed by atoms with E-state index in [0.717, 1.165) is 11.1 Å². The molecule has 2 amide bonds. The molecule has 1 fully saturated rings. The fourth-order valence-corrected chi connectivity index (χ4v) is 3.57. The Bertz CT molecular complexity index is 977. The van der Waals surface area contributed by atoms with E-state index in [1.807, 2.05) is 26.0 Å². The van der Waals surface area contributed by atoms with Crippen LogP contribution in [0.1, 0.15) is 17.5 Å². The molecule has 0 saturated carbocycles. The van der Waals surface area contributed by atoms with Gasteiger partial charge in [0.05, 0.1) is 16.6 Å². The highest BCUT2D eigenvalue weighted by atomic mass is 35.5. The Morgan fingerprint density at radius 1 is 1.17 bits per heavy atom. The summed E-state index contributed by atoms with van der Waals surface area (Å²) < 4.78 is 5.12. The highest BCUT2D eigenvalue weighted by Crippen LogP contribution is 2.33. The van der Waals surface area contributed by atoms with Gasteiger partial charge in [-0.05, 0) is 43.7 Å². The molecule has 1 atom stereocenters. The Hall–Kier alpha value is -2.57. The van der Waals surface area contributed by atoms with Crippen LogP contribution in [-0.4, -0.2) is 30.9 Å². The van der Waals surface area contributed by atoms with Crippen LogP contribution < -0.4 is 10.2 Å². The first-order valence-corrected chi connectivity index (χ1v) is 9.79. The average molecular weight is 435 g/mol. The van der Waals surface area contributed by atoms with Gasteiger partial charge in [-0.1, -0.05) is 40.9 Å². The summed E-state index contributed by atoms with van der Waals surface area (Å²) in [5.41, 5.74) is 3.11. The minimum absolute atomic E-state index is 0.0135. The number of esters is 1. The molecule has 8 heteroatoms. The van der Waals surface area contributed by atoms with Crippen LogP contribution in [0.15, 0.2) is 36.4 Å². The van der Waals surface area contributed by atoms with Crippen molar-refractivity contribution in [2.45, 2.75) is 20.3 Å². The van der Waals surface area contributed by atoms with Crippen LogP contribution in [0.2, 0.25) is 10.0 Å². The number of rotatable bonds is 5. The van der Waals surface area contributed by atoms with Crippen molar-refractivity contribution in [3.8, 4) is 0 Å². The molecule has 152 valence electrons. The third-order valence-corrected chi connectivity index (χ3v) is 5.21. The van der Waals surface area contributed by atoms with Crippen molar-refractivity contribution < 1.29 is 19.1 Å². The third-order valence-electron chi connectivity index (χ3n) is 4.66. The summed E-state index contributed by atoms with van der Waals surface area (Å²) in [5, 5.41) is 3.52. The van der Waals surface area contributed by atoms with Crippen LogP contribution in [-0.2, 0) is 19.1 Å². The van der Waals surface area contributed by atoms with E-state index in [9.17, 15) is 14.4 Å². The van der Waals surface area contributed by atoms with Gasteiger partial charge >= 0.3 is 5.97 Å². The number of nitrogens with zero attached hydrogens (tertiary/aromatic N) is 1. The lowest BCUT2D eigenvalue weighted by Gasteiger charge is -2.18. The second-order valence-electron chi connectivity index (χ2n) is 6.98. The predicted octanol–water partition coefficient (Wildman–Crippen LogP) is 4.15. The molecule has 1 saturated heterocycles. The maximum absolute atomic E-state index is 12.3.